The SMILES string of the molecule is Cc1nc(-c2ncccn2)nc(C)c1CC(=O)O. The summed E-state index contributed by atoms with van der Waals surface area (Å²) in [4.78, 5) is 27.4. The van der Waals surface area contributed by atoms with E-state index in [-0.39, 0.29) is 6.42 Å². The molecule has 2 aromatic rings. The Morgan fingerprint density at radius 3 is 2.17 bits per heavy atom. The molecule has 2 heterocycles. The molecule has 0 fully saturated rings. The number of aromatic nitrogens is 4. The highest BCUT2D eigenvalue weighted by Crippen LogP contribution is 2.15. The summed E-state index contributed by atoms with van der Waals surface area (Å²) in [6.45, 7) is 3.53. The maximum Gasteiger partial charge on any atom is 0.307 e. The van der Waals surface area contributed by atoms with Gasteiger partial charge in [-0.25, -0.2) is 19.9 Å². The molecule has 0 aromatic carbocycles. The molecule has 0 aliphatic heterocycles. The molecule has 0 atom stereocenters. The summed E-state index contributed by atoms with van der Waals surface area (Å²) in [7, 11) is 0. The van der Waals surface area contributed by atoms with E-state index in [9.17, 15) is 4.79 Å². The molecule has 0 aliphatic carbocycles. The van der Waals surface area contributed by atoms with Gasteiger partial charge in [-0.1, -0.05) is 0 Å². The maximum atomic E-state index is 10.7. The molecule has 0 saturated heterocycles. The van der Waals surface area contributed by atoms with Crippen LogP contribution in [0.1, 0.15) is 17.0 Å². The molecule has 18 heavy (non-hydrogen) atoms. The molecule has 0 unspecified atom stereocenters. The van der Waals surface area contributed by atoms with Gasteiger partial charge in [0.1, 0.15) is 0 Å². The van der Waals surface area contributed by atoms with Crippen molar-refractivity contribution in [1.29, 1.82) is 0 Å². The van der Waals surface area contributed by atoms with Gasteiger partial charge in [-0.3, -0.25) is 4.79 Å². The Labute approximate surface area is 104 Å². The van der Waals surface area contributed by atoms with E-state index in [0.717, 1.165) is 0 Å². The normalized spacial score (nSPS) is 10.3. The zero-order valence-corrected chi connectivity index (χ0v) is 10.1. The molecular formula is C12H12N4O2. The Kier molecular flexibility index (Phi) is 3.27. The van der Waals surface area contributed by atoms with Crippen molar-refractivity contribution in [2.45, 2.75) is 20.3 Å². The topological polar surface area (TPSA) is 88.9 Å². The Bertz CT molecular complexity index is 561. The summed E-state index contributed by atoms with van der Waals surface area (Å²) in [6, 6.07) is 1.71. The van der Waals surface area contributed by atoms with Crippen molar-refractivity contribution in [2.24, 2.45) is 0 Å². The lowest BCUT2D eigenvalue weighted by Gasteiger charge is -2.08. The summed E-state index contributed by atoms with van der Waals surface area (Å²) in [5.41, 5.74) is 1.93. The van der Waals surface area contributed by atoms with E-state index in [2.05, 4.69) is 19.9 Å². The number of hydrogen-bond acceptors (Lipinski definition) is 5. The van der Waals surface area contributed by atoms with Crippen LogP contribution in [0.4, 0.5) is 0 Å². The number of rotatable bonds is 3. The van der Waals surface area contributed by atoms with Crippen LogP contribution in [0.2, 0.25) is 0 Å². The fraction of sp³-hybridized carbons (Fsp3) is 0.250. The lowest BCUT2D eigenvalue weighted by Crippen LogP contribution is -2.09. The van der Waals surface area contributed by atoms with Gasteiger partial charge in [-0.2, -0.15) is 0 Å². The van der Waals surface area contributed by atoms with E-state index >= 15 is 0 Å². The third-order valence-electron chi connectivity index (χ3n) is 2.51. The van der Waals surface area contributed by atoms with E-state index < -0.39 is 5.97 Å². The average molecular weight is 244 g/mol. The minimum Gasteiger partial charge on any atom is -0.481 e. The first-order chi connectivity index (χ1) is 8.58. The van der Waals surface area contributed by atoms with Crippen molar-refractivity contribution in [3.63, 3.8) is 0 Å². The molecule has 2 aromatic heterocycles. The minimum atomic E-state index is -0.895. The smallest absolute Gasteiger partial charge is 0.307 e. The third-order valence-corrected chi connectivity index (χ3v) is 2.51. The fourth-order valence-corrected chi connectivity index (χ4v) is 1.66. The standard InChI is InChI=1S/C12H12N4O2/c1-7-9(6-10(17)18)8(2)16-12(15-7)11-13-4-3-5-14-11/h3-5H,6H2,1-2H3,(H,17,18). The average Bonchev–Trinajstić information content (AvgIpc) is 2.34. The van der Waals surface area contributed by atoms with E-state index in [1.54, 1.807) is 32.3 Å². The molecule has 92 valence electrons. The van der Waals surface area contributed by atoms with Crippen molar-refractivity contribution < 1.29 is 9.90 Å². The first kappa shape index (κ1) is 12.1. The summed E-state index contributed by atoms with van der Waals surface area (Å²) in [5, 5.41) is 8.82. The van der Waals surface area contributed by atoms with Crippen LogP contribution in [0.3, 0.4) is 0 Å². The quantitative estimate of drug-likeness (QED) is 0.872. The zero-order chi connectivity index (χ0) is 13.1. The lowest BCUT2D eigenvalue weighted by molar-refractivity contribution is -0.136. The van der Waals surface area contributed by atoms with E-state index in [1.807, 2.05) is 0 Å². The molecule has 0 spiro atoms. The van der Waals surface area contributed by atoms with Crippen LogP contribution in [0.15, 0.2) is 18.5 Å². The first-order valence-corrected chi connectivity index (χ1v) is 5.41. The van der Waals surface area contributed by atoms with Gasteiger partial charge < -0.3 is 5.11 Å². The van der Waals surface area contributed by atoms with Crippen molar-refractivity contribution >= 4 is 5.97 Å². The highest BCUT2D eigenvalue weighted by molar-refractivity contribution is 5.71. The van der Waals surface area contributed by atoms with Gasteiger partial charge in [0, 0.05) is 29.3 Å². The van der Waals surface area contributed by atoms with Crippen LogP contribution in [-0.2, 0) is 11.2 Å². The number of nitrogens with zero attached hydrogens (tertiary/aromatic N) is 4. The molecule has 2 rings (SSSR count). The second kappa shape index (κ2) is 4.87. The number of aliphatic carboxylic acids is 1. The summed E-state index contributed by atoms with van der Waals surface area (Å²) >= 11 is 0. The lowest BCUT2D eigenvalue weighted by atomic mass is 10.1. The fourth-order valence-electron chi connectivity index (χ4n) is 1.66. The Morgan fingerprint density at radius 1 is 1.11 bits per heavy atom. The van der Waals surface area contributed by atoms with Crippen LogP contribution < -0.4 is 0 Å². The Morgan fingerprint density at radius 2 is 1.67 bits per heavy atom. The molecule has 6 heteroatoms. The van der Waals surface area contributed by atoms with Crippen molar-refractivity contribution in [1.82, 2.24) is 19.9 Å². The highest BCUT2D eigenvalue weighted by Gasteiger charge is 2.13. The molecule has 1 N–H and O–H groups in total. The van der Waals surface area contributed by atoms with E-state index in [4.69, 9.17) is 5.11 Å². The van der Waals surface area contributed by atoms with Crippen LogP contribution in [0.5, 0.6) is 0 Å². The molecule has 0 amide bonds. The maximum absolute atomic E-state index is 10.7. The number of carboxylic acids is 1. The molecule has 0 saturated carbocycles. The van der Waals surface area contributed by atoms with Crippen molar-refractivity contribution in [2.75, 3.05) is 0 Å². The molecule has 0 aliphatic rings. The van der Waals surface area contributed by atoms with Gasteiger partial charge in [-0.15, -0.1) is 0 Å². The second-order valence-corrected chi connectivity index (χ2v) is 3.84. The minimum absolute atomic E-state index is 0.0758. The Balaban J connectivity index is 2.46. The van der Waals surface area contributed by atoms with Gasteiger partial charge in [0.2, 0.25) is 0 Å². The number of carboxylic acid groups (broad SMARTS) is 1. The first-order valence-electron chi connectivity index (χ1n) is 5.41. The van der Waals surface area contributed by atoms with Gasteiger partial charge >= 0.3 is 5.97 Å². The van der Waals surface area contributed by atoms with Crippen LogP contribution in [0, 0.1) is 13.8 Å². The van der Waals surface area contributed by atoms with Crippen LogP contribution in [-0.4, -0.2) is 31.0 Å². The molecule has 0 bridgehead atoms. The van der Waals surface area contributed by atoms with Crippen molar-refractivity contribution in [3.05, 3.63) is 35.4 Å². The van der Waals surface area contributed by atoms with Gasteiger partial charge in [0.25, 0.3) is 0 Å². The van der Waals surface area contributed by atoms with E-state index in [0.29, 0.717) is 28.6 Å². The third kappa shape index (κ3) is 2.48. The second-order valence-electron chi connectivity index (χ2n) is 3.84. The van der Waals surface area contributed by atoms with Crippen LogP contribution in [0.25, 0.3) is 11.6 Å². The molecular weight excluding hydrogens is 232 g/mol. The number of carbonyl (C=O) groups is 1. The number of hydrogen-bond donors (Lipinski definition) is 1. The molecule has 0 radical (unpaired) electrons. The predicted molar refractivity (Wildman–Crippen MR) is 63.9 cm³/mol. The van der Waals surface area contributed by atoms with E-state index in [1.165, 1.54) is 0 Å². The zero-order valence-electron chi connectivity index (χ0n) is 10.1. The van der Waals surface area contributed by atoms with Crippen LogP contribution >= 0.6 is 0 Å². The van der Waals surface area contributed by atoms with Crippen molar-refractivity contribution in [3.8, 4) is 11.6 Å². The predicted octanol–water partition coefficient (Wildman–Crippen LogP) is 1.18. The van der Waals surface area contributed by atoms with Gasteiger partial charge in [-0.05, 0) is 19.9 Å². The summed E-state index contributed by atoms with van der Waals surface area (Å²) < 4.78 is 0. The largest absolute Gasteiger partial charge is 0.481 e. The van der Waals surface area contributed by atoms with Gasteiger partial charge in [0.15, 0.2) is 11.6 Å². The molecule has 6 nitrogen and oxygen atoms in total. The monoisotopic (exact) mass is 244 g/mol. The Hall–Kier alpha value is -2.37. The number of aryl methyl sites for hydroxylation is 2. The van der Waals surface area contributed by atoms with Gasteiger partial charge in [0.05, 0.1) is 6.42 Å². The summed E-state index contributed by atoms with van der Waals surface area (Å²) in [6.07, 6.45) is 3.15. The highest BCUT2D eigenvalue weighted by atomic mass is 16.4. The summed E-state index contributed by atoms with van der Waals surface area (Å²) in [5.74, 6) is -0.0428.